The Kier molecular flexibility index (Phi) is 8.63. The summed E-state index contributed by atoms with van der Waals surface area (Å²) in [6.07, 6.45) is 1.24. The summed E-state index contributed by atoms with van der Waals surface area (Å²) in [5.74, 6) is 0.514. The first-order valence-corrected chi connectivity index (χ1v) is 11.0. The molecular weight excluding hydrogens is 480 g/mol. The number of halogens is 3. The molecule has 0 saturated heterocycles. The van der Waals surface area contributed by atoms with Gasteiger partial charge in [-0.05, 0) is 43.3 Å². The minimum atomic E-state index is -0.459. The van der Waals surface area contributed by atoms with Crippen molar-refractivity contribution in [3.05, 3.63) is 64.9 Å². The minimum absolute atomic E-state index is 0.115. The normalized spacial score (nSPS) is 11.8. The monoisotopic (exact) mass is 499 g/mol. The standard InChI is InChI=1S/C21H20Cl2FN3O4S/c1-13(31-32-24)12-30-18-8-5-16(9-19(18)29-2)25-21(28)20-14(10-22)11-27(26-20)17-6-3-15(23)4-7-17/h3-9,11,13H,10,12H2,1-2H3,(H,25,28). The van der Waals surface area contributed by atoms with Gasteiger partial charge in [0.15, 0.2) is 17.2 Å². The van der Waals surface area contributed by atoms with Gasteiger partial charge in [-0.25, -0.2) is 4.68 Å². The number of hydrogen-bond acceptors (Lipinski definition) is 6. The van der Waals surface area contributed by atoms with Gasteiger partial charge < -0.3 is 14.8 Å². The van der Waals surface area contributed by atoms with Crippen LogP contribution in [0.5, 0.6) is 11.5 Å². The van der Waals surface area contributed by atoms with E-state index in [-0.39, 0.29) is 30.6 Å². The van der Waals surface area contributed by atoms with Gasteiger partial charge in [0.05, 0.1) is 18.7 Å². The van der Waals surface area contributed by atoms with Crippen molar-refractivity contribution in [2.45, 2.75) is 18.9 Å². The molecule has 3 rings (SSSR count). The van der Waals surface area contributed by atoms with Gasteiger partial charge in [-0.1, -0.05) is 11.6 Å². The Morgan fingerprint density at radius 2 is 2.00 bits per heavy atom. The van der Waals surface area contributed by atoms with Crippen LogP contribution in [0.25, 0.3) is 5.69 Å². The average Bonchev–Trinajstić information content (AvgIpc) is 3.23. The van der Waals surface area contributed by atoms with E-state index in [2.05, 4.69) is 10.4 Å². The van der Waals surface area contributed by atoms with Crippen LogP contribution in [-0.2, 0) is 10.1 Å². The van der Waals surface area contributed by atoms with Crippen molar-refractivity contribution in [3.63, 3.8) is 0 Å². The Bertz CT molecular complexity index is 1070. The third-order valence-corrected chi connectivity index (χ3v) is 5.28. The number of nitrogens with zero attached hydrogens (tertiary/aromatic N) is 2. The zero-order valence-electron chi connectivity index (χ0n) is 17.2. The van der Waals surface area contributed by atoms with E-state index >= 15 is 0 Å². The number of alkyl halides is 1. The van der Waals surface area contributed by atoms with Crippen LogP contribution in [0.15, 0.2) is 48.7 Å². The molecule has 1 unspecified atom stereocenters. The second kappa shape index (κ2) is 11.4. The average molecular weight is 500 g/mol. The van der Waals surface area contributed by atoms with E-state index in [4.69, 9.17) is 36.9 Å². The maximum Gasteiger partial charge on any atom is 0.276 e. The minimum Gasteiger partial charge on any atom is -0.493 e. The Balaban J connectivity index is 1.75. The van der Waals surface area contributed by atoms with E-state index in [9.17, 15) is 8.68 Å². The molecule has 1 heterocycles. The topological polar surface area (TPSA) is 74.6 Å². The molecule has 0 radical (unpaired) electrons. The SMILES string of the molecule is COc1cc(NC(=O)c2nn(-c3ccc(Cl)cc3)cc2CCl)ccc1OCC(C)OSF. The van der Waals surface area contributed by atoms with Gasteiger partial charge in [0, 0.05) is 28.5 Å². The lowest BCUT2D eigenvalue weighted by Crippen LogP contribution is -2.16. The van der Waals surface area contributed by atoms with Crippen molar-refractivity contribution in [1.29, 1.82) is 0 Å². The van der Waals surface area contributed by atoms with E-state index in [1.807, 2.05) is 0 Å². The lowest BCUT2D eigenvalue weighted by atomic mass is 10.2. The molecule has 2 aromatic carbocycles. The van der Waals surface area contributed by atoms with Crippen LogP contribution in [0.1, 0.15) is 23.0 Å². The van der Waals surface area contributed by atoms with Crippen molar-refractivity contribution in [1.82, 2.24) is 9.78 Å². The molecule has 32 heavy (non-hydrogen) atoms. The Hall–Kier alpha value is -2.46. The number of benzene rings is 2. The molecule has 170 valence electrons. The largest absolute Gasteiger partial charge is 0.493 e. The van der Waals surface area contributed by atoms with Crippen LogP contribution in [0.2, 0.25) is 5.02 Å². The molecule has 1 N–H and O–H groups in total. The zero-order valence-corrected chi connectivity index (χ0v) is 19.5. The van der Waals surface area contributed by atoms with Crippen LogP contribution < -0.4 is 14.8 Å². The number of carbonyl (C=O) groups excluding carboxylic acids is 1. The predicted molar refractivity (Wildman–Crippen MR) is 124 cm³/mol. The molecule has 0 aliphatic rings. The fourth-order valence-electron chi connectivity index (χ4n) is 2.78. The molecule has 7 nitrogen and oxygen atoms in total. The first kappa shape index (κ1) is 24.2. The van der Waals surface area contributed by atoms with Gasteiger partial charge in [-0.3, -0.25) is 8.98 Å². The Labute approximate surface area is 199 Å². The molecule has 0 aliphatic heterocycles. The number of hydrogen-bond donors (Lipinski definition) is 1. The highest BCUT2D eigenvalue weighted by molar-refractivity contribution is 7.89. The van der Waals surface area contributed by atoms with Crippen molar-refractivity contribution >= 4 is 47.2 Å². The van der Waals surface area contributed by atoms with Crippen LogP contribution in [0, 0.1) is 0 Å². The number of nitrogens with one attached hydrogen (secondary N) is 1. The number of ether oxygens (including phenoxy) is 2. The van der Waals surface area contributed by atoms with Crippen molar-refractivity contribution in [2.24, 2.45) is 0 Å². The summed E-state index contributed by atoms with van der Waals surface area (Å²) in [7, 11) is 1.48. The fourth-order valence-corrected chi connectivity index (χ4v) is 3.28. The lowest BCUT2D eigenvalue weighted by molar-refractivity contribution is 0.102. The van der Waals surface area contributed by atoms with Crippen molar-refractivity contribution < 1.29 is 22.3 Å². The third-order valence-electron chi connectivity index (χ3n) is 4.34. The highest BCUT2D eigenvalue weighted by atomic mass is 35.5. The zero-order chi connectivity index (χ0) is 23.1. The van der Waals surface area contributed by atoms with Crippen LogP contribution in [-0.4, -0.2) is 35.5 Å². The van der Waals surface area contributed by atoms with Crippen LogP contribution in [0.4, 0.5) is 9.57 Å². The summed E-state index contributed by atoms with van der Waals surface area (Å²) in [6, 6.07) is 11.9. The maximum absolute atomic E-state index is 12.9. The third kappa shape index (κ3) is 6.07. The number of methoxy groups -OCH3 is 1. The van der Waals surface area contributed by atoms with Crippen molar-refractivity contribution in [2.75, 3.05) is 19.0 Å². The Morgan fingerprint density at radius 1 is 1.25 bits per heavy atom. The molecule has 0 bridgehead atoms. The molecule has 0 aliphatic carbocycles. The van der Waals surface area contributed by atoms with E-state index in [0.29, 0.717) is 27.8 Å². The van der Waals surface area contributed by atoms with Gasteiger partial charge in [0.2, 0.25) is 12.4 Å². The number of anilines is 1. The van der Waals surface area contributed by atoms with Crippen LogP contribution in [0.3, 0.4) is 0 Å². The van der Waals surface area contributed by atoms with Gasteiger partial charge in [0.25, 0.3) is 5.91 Å². The summed E-state index contributed by atoms with van der Waals surface area (Å²) in [4.78, 5) is 12.9. The summed E-state index contributed by atoms with van der Waals surface area (Å²) in [5, 5.41) is 7.76. The second-order valence-corrected chi connectivity index (χ2v) is 7.68. The molecule has 0 spiro atoms. The predicted octanol–water partition coefficient (Wildman–Crippen LogP) is 5.84. The molecule has 1 atom stereocenters. The molecule has 3 aromatic rings. The highest BCUT2D eigenvalue weighted by Crippen LogP contribution is 2.31. The molecular formula is C21H20Cl2FN3O4S. The molecule has 11 heteroatoms. The van der Waals surface area contributed by atoms with E-state index < -0.39 is 12.0 Å². The second-order valence-electron chi connectivity index (χ2n) is 6.66. The highest BCUT2D eigenvalue weighted by Gasteiger charge is 2.18. The number of rotatable bonds is 10. The Morgan fingerprint density at radius 3 is 2.66 bits per heavy atom. The first-order chi connectivity index (χ1) is 15.4. The van der Waals surface area contributed by atoms with Gasteiger partial charge in [-0.15, -0.1) is 15.5 Å². The molecule has 0 saturated carbocycles. The van der Waals surface area contributed by atoms with Crippen LogP contribution >= 0.6 is 35.6 Å². The fraction of sp³-hybridized carbons (Fsp3) is 0.238. The van der Waals surface area contributed by atoms with Gasteiger partial charge in [0.1, 0.15) is 12.7 Å². The summed E-state index contributed by atoms with van der Waals surface area (Å²) >= 11 is 11.7. The molecule has 1 aromatic heterocycles. The molecule has 1 amide bonds. The number of aromatic nitrogens is 2. The van der Waals surface area contributed by atoms with Gasteiger partial charge in [-0.2, -0.15) is 5.10 Å². The summed E-state index contributed by atoms with van der Waals surface area (Å²) < 4.78 is 29.4. The summed E-state index contributed by atoms with van der Waals surface area (Å²) in [6.45, 7) is 1.80. The van der Waals surface area contributed by atoms with E-state index in [1.54, 1.807) is 60.3 Å². The van der Waals surface area contributed by atoms with Gasteiger partial charge >= 0.3 is 0 Å². The molecule has 0 fully saturated rings. The first-order valence-electron chi connectivity index (χ1n) is 9.41. The van der Waals surface area contributed by atoms with E-state index in [1.165, 1.54) is 7.11 Å². The maximum atomic E-state index is 12.9. The lowest BCUT2D eigenvalue weighted by Gasteiger charge is -2.14. The summed E-state index contributed by atoms with van der Waals surface area (Å²) in [5.41, 5.74) is 1.99. The number of amides is 1. The van der Waals surface area contributed by atoms with E-state index in [0.717, 1.165) is 5.69 Å². The van der Waals surface area contributed by atoms with Crippen molar-refractivity contribution in [3.8, 4) is 17.2 Å². The smallest absolute Gasteiger partial charge is 0.276 e. The quantitative estimate of drug-likeness (QED) is 0.279. The number of carbonyl (C=O) groups is 1.